The molecule has 3 nitrogen and oxygen atoms in total. The van der Waals surface area contributed by atoms with Crippen LogP contribution in [0.25, 0.3) is 60.5 Å². The molecule has 0 saturated heterocycles. The van der Waals surface area contributed by atoms with Gasteiger partial charge in [-0.3, -0.25) is 0 Å². The van der Waals surface area contributed by atoms with Crippen molar-refractivity contribution in [1.82, 2.24) is 4.57 Å². The number of hydrogen-bond acceptors (Lipinski definition) is 2. The summed E-state index contributed by atoms with van der Waals surface area (Å²) in [5.74, 6) is 0. The Hall–Kier alpha value is -8.92. The van der Waals surface area contributed by atoms with E-state index in [4.69, 9.17) is 0 Å². The van der Waals surface area contributed by atoms with Crippen LogP contribution in [0.3, 0.4) is 0 Å². The van der Waals surface area contributed by atoms with E-state index in [1.165, 1.54) is 71.6 Å². The standard InChI is InChI=1S/C65H43N3/c1-4-22-45(23-5-1)66(46-24-6-2-7-25-46)48-39-41-59-56(42-48)52-30-13-16-34-58(52)65(59)57-33-15-12-29-51(57)55-32-19-37-62(64(55)65)68(60-36-18-21-44-20-10-11-28-50(44)60)49-38-40-54-53-31-14-17-35-61(53)67(63(54)43-49)47-26-8-3-9-27-47/h1-43H. The molecule has 2 aliphatic carbocycles. The third kappa shape index (κ3) is 5.47. The number of hydrogen-bond donors (Lipinski definition) is 0. The van der Waals surface area contributed by atoms with Crippen LogP contribution in [-0.4, -0.2) is 4.57 Å². The lowest BCUT2D eigenvalue weighted by molar-refractivity contribution is 0.793. The van der Waals surface area contributed by atoms with Crippen LogP contribution in [-0.2, 0) is 5.41 Å². The normalized spacial score (nSPS) is 14.2. The first-order valence-corrected chi connectivity index (χ1v) is 23.5. The largest absolute Gasteiger partial charge is 0.310 e. The Bertz CT molecular complexity index is 3880. The molecule has 1 spiro atoms. The van der Waals surface area contributed by atoms with Crippen molar-refractivity contribution < 1.29 is 0 Å². The van der Waals surface area contributed by atoms with Crippen molar-refractivity contribution in [2.75, 3.05) is 9.80 Å². The van der Waals surface area contributed by atoms with Gasteiger partial charge in [-0.15, -0.1) is 0 Å². The molecule has 318 valence electrons. The van der Waals surface area contributed by atoms with Crippen molar-refractivity contribution in [3.63, 3.8) is 0 Å². The van der Waals surface area contributed by atoms with Crippen LogP contribution in [0.4, 0.5) is 34.1 Å². The molecule has 1 unspecified atom stereocenters. The topological polar surface area (TPSA) is 11.4 Å². The fourth-order valence-corrected chi connectivity index (χ4v) is 11.9. The molecule has 0 radical (unpaired) electrons. The quantitative estimate of drug-likeness (QED) is 0.158. The number of aromatic nitrogens is 1. The number of anilines is 6. The number of rotatable bonds is 7. The van der Waals surface area contributed by atoms with Gasteiger partial charge in [0.05, 0.1) is 27.8 Å². The smallest absolute Gasteiger partial charge is 0.0746 e. The minimum absolute atomic E-state index is 0.622. The third-order valence-corrected chi connectivity index (χ3v) is 14.5. The number of para-hydroxylation sites is 4. The Morgan fingerprint density at radius 2 is 0.809 bits per heavy atom. The molecule has 11 aromatic carbocycles. The zero-order valence-electron chi connectivity index (χ0n) is 37.2. The van der Waals surface area contributed by atoms with Crippen LogP contribution in [0.1, 0.15) is 22.3 Å². The summed E-state index contributed by atoms with van der Waals surface area (Å²) in [5, 5.41) is 4.86. The second kappa shape index (κ2) is 15.1. The number of benzene rings is 11. The molecular weight excluding hydrogens is 823 g/mol. The molecule has 1 atom stereocenters. The predicted molar refractivity (Wildman–Crippen MR) is 284 cm³/mol. The zero-order valence-corrected chi connectivity index (χ0v) is 37.2. The molecule has 68 heavy (non-hydrogen) atoms. The van der Waals surface area contributed by atoms with E-state index in [2.05, 4.69) is 275 Å². The summed E-state index contributed by atoms with van der Waals surface area (Å²) in [5.41, 5.74) is 19.8. The lowest BCUT2D eigenvalue weighted by Crippen LogP contribution is -2.28. The van der Waals surface area contributed by atoms with Gasteiger partial charge < -0.3 is 14.4 Å². The van der Waals surface area contributed by atoms with Crippen LogP contribution in [0.5, 0.6) is 0 Å². The fourth-order valence-electron chi connectivity index (χ4n) is 11.9. The molecule has 0 N–H and O–H groups in total. The van der Waals surface area contributed by atoms with Gasteiger partial charge in [-0.2, -0.15) is 0 Å². The summed E-state index contributed by atoms with van der Waals surface area (Å²) in [6, 6.07) is 96.2. The second-order valence-corrected chi connectivity index (χ2v) is 18.0. The molecule has 0 saturated carbocycles. The van der Waals surface area contributed by atoms with E-state index in [9.17, 15) is 0 Å². The SMILES string of the molecule is c1ccc(N(c2ccccc2)c2ccc3c(c2)-c2ccccc2C32c3ccccc3-c3cccc(N(c4ccc5c6ccccc6n(-c6ccccc6)c5c4)c4cccc5ccccc45)c32)cc1. The molecule has 0 fully saturated rings. The van der Waals surface area contributed by atoms with Crippen molar-refractivity contribution in [1.29, 1.82) is 0 Å². The maximum absolute atomic E-state index is 2.56. The monoisotopic (exact) mass is 865 g/mol. The summed E-state index contributed by atoms with van der Waals surface area (Å²) in [7, 11) is 0. The molecule has 12 aromatic rings. The molecule has 0 amide bonds. The van der Waals surface area contributed by atoms with Crippen LogP contribution in [0.15, 0.2) is 261 Å². The van der Waals surface area contributed by atoms with Crippen LogP contribution >= 0.6 is 0 Å². The van der Waals surface area contributed by atoms with Crippen molar-refractivity contribution in [2.24, 2.45) is 0 Å². The lowest BCUT2D eigenvalue weighted by Gasteiger charge is -2.36. The summed E-state index contributed by atoms with van der Waals surface area (Å²) in [6.07, 6.45) is 0. The molecule has 1 aromatic heterocycles. The number of fused-ring (bicyclic) bond motifs is 14. The van der Waals surface area contributed by atoms with Gasteiger partial charge in [0, 0.05) is 50.2 Å². The van der Waals surface area contributed by atoms with Gasteiger partial charge >= 0.3 is 0 Å². The first kappa shape index (κ1) is 38.4. The van der Waals surface area contributed by atoms with Crippen molar-refractivity contribution in [3.05, 3.63) is 283 Å². The highest BCUT2D eigenvalue weighted by Crippen LogP contribution is 2.66. The third-order valence-electron chi connectivity index (χ3n) is 14.5. The first-order valence-electron chi connectivity index (χ1n) is 23.5. The van der Waals surface area contributed by atoms with Gasteiger partial charge in [-0.05, 0) is 123 Å². The highest BCUT2D eigenvalue weighted by atomic mass is 15.2. The molecule has 0 bridgehead atoms. The maximum Gasteiger partial charge on any atom is 0.0746 e. The van der Waals surface area contributed by atoms with E-state index in [1.54, 1.807) is 0 Å². The van der Waals surface area contributed by atoms with Crippen molar-refractivity contribution in [3.8, 4) is 27.9 Å². The van der Waals surface area contributed by atoms with Crippen molar-refractivity contribution >= 4 is 66.7 Å². The number of nitrogens with zero attached hydrogens (tertiary/aromatic N) is 3. The van der Waals surface area contributed by atoms with Crippen LogP contribution < -0.4 is 9.80 Å². The maximum atomic E-state index is 2.56. The Balaban J connectivity index is 1.07. The van der Waals surface area contributed by atoms with E-state index in [-0.39, 0.29) is 0 Å². The van der Waals surface area contributed by atoms with E-state index in [0.29, 0.717) is 0 Å². The van der Waals surface area contributed by atoms with Crippen LogP contribution in [0.2, 0.25) is 0 Å². The molecule has 3 heteroatoms. The van der Waals surface area contributed by atoms with E-state index in [1.807, 2.05) is 0 Å². The molecule has 1 heterocycles. The molecular formula is C65H43N3. The Labute approximate surface area is 395 Å². The Morgan fingerprint density at radius 3 is 1.56 bits per heavy atom. The van der Waals surface area contributed by atoms with Gasteiger partial charge in [0.25, 0.3) is 0 Å². The van der Waals surface area contributed by atoms with E-state index >= 15 is 0 Å². The molecule has 0 aliphatic heterocycles. The minimum atomic E-state index is -0.622. The van der Waals surface area contributed by atoms with Gasteiger partial charge in [0.2, 0.25) is 0 Å². The Morgan fingerprint density at radius 1 is 0.294 bits per heavy atom. The average Bonchev–Trinajstić information content (AvgIpc) is 4.01. The molecule has 14 rings (SSSR count). The highest BCUT2D eigenvalue weighted by molar-refractivity contribution is 6.11. The van der Waals surface area contributed by atoms with E-state index in [0.717, 1.165) is 45.3 Å². The van der Waals surface area contributed by atoms with Gasteiger partial charge in [0.1, 0.15) is 0 Å². The summed E-state index contributed by atoms with van der Waals surface area (Å²) in [6.45, 7) is 0. The lowest BCUT2D eigenvalue weighted by atomic mass is 9.70. The fraction of sp³-hybridized carbons (Fsp3) is 0.0154. The first-order chi connectivity index (χ1) is 33.8. The summed E-state index contributed by atoms with van der Waals surface area (Å²) in [4.78, 5) is 4.94. The van der Waals surface area contributed by atoms with Gasteiger partial charge in [-0.25, -0.2) is 0 Å². The summed E-state index contributed by atoms with van der Waals surface area (Å²) < 4.78 is 2.43. The van der Waals surface area contributed by atoms with Gasteiger partial charge in [0.15, 0.2) is 0 Å². The van der Waals surface area contributed by atoms with Crippen LogP contribution in [0, 0.1) is 0 Å². The average molecular weight is 866 g/mol. The van der Waals surface area contributed by atoms with Gasteiger partial charge in [-0.1, -0.05) is 182 Å². The van der Waals surface area contributed by atoms with Crippen molar-refractivity contribution in [2.45, 2.75) is 5.41 Å². The highest BCUT2D eigenvalue weighted by Gasteiger charge is 2.53. The Kier molecular flexibility index (Phi) is 8.50. The summed E-state index contributed by atoms with van der Waals surface area (Å²) >= 11 is 0. The minimum Gasteiger partial charge on any atom is -0.310 e. The van der Waals surface area contributed by atoms with E-state index < -0.39 is 5.41 Å². The predicted octanol–water partition coefficient (Wildman–Crippen LogP) is 17.2. The second-order valence-electron chi connectivity index (χ2n) is 18.0. The molecule has 2 aliphatic rings. The zero-order chi connectivity index (χ0) is 44.8.